The molecule has 1 saturated heterocycles. The highest BCUT2D eigenvalue weighted by molar-refractivity contribution is 6.13. The van der Waals surface area contributed by atoms with Crippen molar-refractivity contribution in [3.8, 4) is 0 Å². The van der Waals surface area contributed by atoms with Gasteiger partial charge in [0.1, 0.15) is 5.60 Å². The summed E-state index contributed by atoms with van der Waals surface area (Å²) in [6.07, 6.45) is 2.37. The zero-order valence-corrected chi connectivity index (χ0v) is 15.6. The van der Waals surface area contributed by atoms with E-state index >= 15 is 0 Å². The average Bonchev–Trinajstić information content (AvgIpc) is 2.96. The summed E-state index contributed by atoms with van der Waals surface area (Å²) >= 11 is 0. The second kappa shape index (κ2) is 3.90. The van der Waals surface area contributed by atoms with Crippen LogP contribution in [-0.2, 0) is 14.3 Å². The maximum absolute atomic E-state index is 14.0. The molecule has 5 heteroatoms. The first-order valence-corrected chi connectivity index (χ1v) is 9.66. The molecule has 2 bridgehead atoms. The van der Waals surface area contributed by atoms with Crippen LogP contribution >= 0.6 is 0 Å². The molecule has 0 radical (unpaired) electrons. The summed E-state index contributed by atoms with van der Waals surface area (Å²) in [5, 5.41) is 23.2. The van der Waals surface area contributed by atoms with Crippen LogP contribution in [0.2, 0.25) is 0 Å². The van der Waals surface area contributed by atoms with Gasteiger partial charge in [0.2, 0.25) is 11.6 Å². The number of fused-ring (bicyclic) bond motifs is 1. The van der Waals surface area contributed by atoms with E-state index in [0.717, 1.165) is 12.8 Å². The first-order chi connectivity index (χ1) is 11.4. The summed E-state index contributed by atoms with van der Waals surface area (Å²) in [5.41, 5.74) is -4.91. The van der Waals surface area contributed by atoms with Gasteiger partial charge in [0, 0.05) is 5.92 Å². The topological polar surface area (TPSA) is 83.8 Å². The summed E-state index contributed by atoms with van der Waals surface area (Å²) in [5.74, 6) is -3.43. The summed E-state index contributed by atoms with van der Waals surface area (Å²) in [7, 11) is 0. The largest absolute Gasteiger partial charge is 0.380 e. The van der Waals surface area contributed by atoms with Crippen molar-refractivity contribution in [2.24, 2.45) is 40.4 Å². The molecule has 5 rings (SSSR count). The number of ether oxygens (including phenoxy) is 1. The smallest absolute Gasteiger partial charge is 0.243 e. The maximum atomic E-state index is 14.0. The van der Waals surface area contributed by atoms with E-state index in [2.05, 4.69) is 6.92 Å². The number of hydrogen-bond donors (Lipinski definition) is 2. The van der Waals surface area contributed by atoms with Crippen molar-refractivity contribution in [2.75, 3.05) is 0 Å². The van der Waals surface area contributed by atoms with Gasteiger partial charge in [0.15, 0.2) is 5.78 Å². The van der Waals surface area contributed by atoms with Crippen molar-refractivity contribution in [3.63, 3.8) is 0 Å². The third kappa shape index (κ3) is 1.18. The molecule has 25 heavy (non-hydrogen) atoms. The Morgan fingerprint density at radius 2 is 1.64 bits per heavy atom. The standard InChI is InChI=1S/C20H28O5/c1-9-8-12-13-16(3,4)25-20(24)15(22)19(23)10(2)6-7-11(9)18(12,19)14(21)17(13,20)5/h9-13,23-24H,6-8H2,1-5H3/t9-,10-,11-,12-,13-,17-,18+,19+,20+/m0/s1. The van der Waals surface area contributed by atoms with Crippen LogP contribution in [0.15, 0.2) is 0 Å². The number of carbonyl (C=O) groups excluding carboxylic acids is 2. The Balaban J connectivity index is 1.91. The molecule has 0 aromatic heterocycles. The molecule has 1 spiro atoms. The Bertz CT molecular complexity index is 730. The van der Waals surface area contributed by atoms with Crippen LogP contribution in [0, 0.1) is 40.4 Å². The molecule has 5 fully saturated rings. The molecule has 4 aliphatic carbocycles. The second-order valence-corrected chi connectivity index (χ2v) is 10.2. The van der Waals surface area contributed by atoms with Crippen LogP contribution in [-0.4, -0.2) is 38.8 Å². The fraction of sp³-hybridized carbons (Fsp3) is 0.900. The Hall–Kier alpha value is -0.780. The average molecular weight is 348 g/mol. The van der Waals surface area contributed by atoms with Crippen LogP contribution in [0.4, 0.5) is 0 Å². The summed E-state index contributed by atoms with van der Waals surface area (Å²) in [6.45, 7) is 9.46. The molecule has 138 valence electrons. The second-order valence-electron chi connectivity index (χ2n) is 10.2. The van der Waals surface area contributed by atoms with E-state index in [0.29, 0.717) is 6.42 Å². The molecule has 5 aliphatic rings. The van der Waals surface area contributed by atoms with E-state index in [4.69, 9.17) is 4.74 Å². The molecule has 0 aromatic carbocycles. The van der Waals surface area contributed by atoms with Gasteiger partial charge in [-0.15, -0.1) is 0 Å². The zero-order valence-electron chi connectivity index (χ0n) is 15.6. The molecule has 0 amide bonds. The Morgan fingerprint density at radius 1 is 1.00 bits per heavy atom. The maximum Gasteiger partial charge on any atom is 0.243 e. The van der Waals surface area contributed by atoms with Crippen molar-refractivity contribution >= 4 is 11.6 Å². The molecule has 0 unspecified atom stereocenters. The number of rotatable bonds is 0. The molecule has 9 atom stereocenters. The molecule has 1 aliphatic heterocycles. The molecule has 5 nitrogen and oxygen atoms in total. The highest BCUT2D eigenvalue weighted by atomic mass is 16.7. The molecule has 4 saturated carbocycles. The minimum absolute atomic E-state index is 0.0120. The lowest BCUT2D eigenvalue weighted by Gasteiger charge is -2.60. The first-order valence-electron chi connectivity index (χ1n) is 9.66. The minimum atomic E-state index is -2.22. The molecule has 2 N–H and O–H groups in total. The zero-order chi connectivity index (χ0) is 18.4. The van der Waals surface area contributed by atoms with Crippen LogP contribution in [0.3, 0.4) is 0 Å². The van der Waals surface area contributed by atoms with E-state index in [1.165, 1.54) is 0 Å². The van der Waals surface area contributed by atoms with Crippen molar-refractivity contribution in [2.45, 2.75) is 70.9 Å². The number of aliphatic hydroxyl groups is 2. The fourth-order valence-electron chi connectivity index (χ4n) is 8.53. The number of hydrogen-bond acceptors (Lipinski definition) is 5. The van der Waals surface area contributed by atoms with E-state index in [1.54, 1.807) is 6.92 Å². The summed E-state index contributed by atoms with van der Waals surface area (Å²) in [4.78, 5) is 27.6. The van der Waals surface area contributed by atoms with Gasteiger partial charge in [0.25, 0.3) is 0 Å². The van der Waals surface area contributed by atoms with E-state index in [-0.39, 0.29) is 35.4 Å². The normalized spacial score (nSPS) is 63.9. The van der Waals surface area contributed by atoms with Crippen LogP contribution in [0.25, 0.3) is 0 Å². The van der Waals surface area contributed by atoms with Gasteiger partial charge >= 0.3 is 0 Å². The number of carbonyl (C=O) groups is 2. The molecule has 0 aromatic rings. The van der Waals surface area contributed by atoms with Crippen molar-refractivity contribution in [3.05, 3.63) is 0 Å². The Morgan fingerprint density at radius 3 is 2.28 bits per heavy atom. The first kappa shape index (κ1) is 16.4. The highest BCUT2D eigenvalue weighted by Gasteiger charge is 2.94. The van der Waals surface area contributed by atoms with Gasteiger partial charge in [-0.2, -0.15) is 0 Å². The predicted octanol–water partition coefficient (Wildman–Crippen LogP) is 1.69. The van der Waals surface area contributed by atoms with E-state index in [1.807, 2.05) is 20.8 Å². The molecule has 1 heterocycles. The van der Waals surface area contributed by atoms with Gasteiger partial charge in [-0.3, -0.25) is 9.59 Å². The Labute approximate surface area is 148 Å². The molecular formula is C20H28O5. The minimum Gasteiger partial charge on any atom is -0.380 e. The molecular weight excluding hydrogens is 320 g/mol. The lowest BCUT2D eigenvalue weighted by molar-refractivity contribution is -0.283. The van der Waals surface area contributed by atoms with Crippen LogP contribution in [0.5, 0.6) is 0 Å². The fourth-order valence-corrected chi connectivity index (χ4v) is 8.53. The Kier molecular flexibility index (Phi) is 2.56. The number of ketones is 2. The van der Waals surface area contributed by atoms with Crippen LogP contribution < -0.4 is 0 Å². The van der Waals surface area contributed by atoms with Crippen molar-refractivity contribution in [1.82, 2.24) is 0 Å². The summed E-state index contributed by atoms with van der Waals surface area (Å²) in [6, 6.07) is 0. The predicted molar refractivity (Wildman–Crippen MR) is 88.3 cm³/mol. The lowest BCUT2D eigenvalue weighted by atomic mass is 9.45. The van der Waals surface area contributed by atoms with Crippen LogP contribution in [0.1, 0.15) is 53.9 Å². The quantitative estimate of drug-likeness (QED) is 0.696. The van der Waals surface area contributed by atoms with Gasteiger partial charge < -0.3 is 14.9 Å². The third-order valence-corrected chi connectivity index (χ3v) is 9.13. The third-order valence-electron chi connectivity index (χ3n) is 9.13. The van der Waals surface area contributed by atoms with Crippen molar-refractivity contribution < 1.29 is 24.5 Å². The highest BCUT2D eigenvalue weighted by Crippen LogP contribution is 2.81. The number of Topliss-reactive ketones (excluding diaryl/α,β-unsaturated/α-hetero) is 2. The van der Waals surface area contributed by atoms with Gasteiger partial charge in [-0.1, -0.05) is 13.8 Å². The SMILES string of the molecule is C[C@H]1C[C@H]2[C@H]3C(C)(C)O[C@]4(O)C(=O)[C@]5(O)[C@@H](C)CC[C@@H]1[C@]25C(=O)[C@]34C. The van der Waals surface area contributed by atoms with Gasteiger partial charge in [-0.05, 0) is 63.7 Å². The van der Waals surface area contributed by atoms with Crippen molar-refractivity contribution in [1.29, 1.82) is 0 Å². The van der Waals surface area contributed by atoms with E-state index < -0.39 is 33.6 Å². The van der Waals surface area contributed by atoms with Gasteiger partial charge in [0.05, 0.1) is 16.4 Å². The van der Waals surface area contributed by atoms with E-state index in [9.17, 15) is 19.8 Å². The van der Waals surface area contributed by atoms with Gasteiger partial charge in [-0.25, -0.2) is 0 Å². The summed E-state index contributed by atoms with van der Waals surface area (Å²) < 4.78 is 5.95. The monoisotopic (exact) mass is 348 g/mol. The lowest BCUT2D eigenvalue weighted by Crippen LogP contribution is -2.78.